The van der Waals surface area contributed by atoms with Crippen LogP contribution in [-0.2, 0) is 6.42 Å². The fourth-order valence-electron chi connectivity index (χ4n) is 1.46. The van der Waals surface area contributed by atoms with Crippen LogP contribution >= 0.6 is 0 Å². The summed E-state index contributed by atoms with van der Waals surface area (Å²) in [6.07, 6.45) is 5.39. The molecule has 0 aliphatic carbocycles. The second-order valence-electron chi connectivity index (χ2n) is 3.80. The maximum atomic E-state index is 5.57. The summed E-state index contributed by atoms with van der Waals surface area (Å²) in [5, 5.41) is 8.20. The molecule has 0 aromatic carbocycles. The minimum atomic E-state index is 0.522. The number of nitrogens with two attached hydrogens (primary N) is 1. The minimum absolute atomic E-state index is 0.522. The van der Waals surface area contributed by atoms with Gasteiger partial charge in [-0.15, -0.1) is 10.2 Å². The Morgan fingerprint density at radius 1 is 1.47 bits per heavy atom. The fourth-order valence-corrected chi connectivity index (χ4v) is 1.46. The molecule has 2 aromatic rings. The number of hydrogen-bond donors (Lipinski definition) is 1. The molecular weight excluding hydrogens is 190 g/mol. The smallest absolute Gasteiger partial charge is 0.163 e. The van der Waals surface area contributed by atoms with E-state index in [-0.39, 0.29) is 0 Å². The summed E-state index contributed by atoms with van der Waals surface area (Å²) in [7, 11) is 0. The summed E-state index contributed by atoms with van der Waals surface area (Å²) in [6.45, 7) is 2.86. The van der Waals surface area contributed by atoms with E-state index >= 15 is 0 Å². The molecule has 0 aliphatic rings. The summed E-state index contributed by atoms with van der Waals surface area (Å²) >= 11 is 0. The zero-order chi connectivity index (χ0) is 10.7. The van der Waals surface area contributed by atoms with Gasteiger partial charge in [0.25, 0.3) is 0 Å². The van der Waals surface area contributed by atoms with E-state index in [1.54, 1.807) is 12.5 Å². The molecule has 2 N–H and O–H groups in total. The van der Waals surface area contributed by atoms with Crippen molar-refractivity contribution in [1.29, 1.82) is 0 Å². The van der Waals surface area contributed by atoms with E-state index in [1.807, 2.05) is 10.5 Å². The fraction of sp³-hybridized carbons (Fsp3) is 0.500. The van der Waals surface area contributed by atoms with E-state index in [9.17, 15) is 0 Å². The molecular formula is C10H15N5. The Bertz CT molecular complexity index is 436. The van der Waals surface area contributed by atoms with Crippen molar-refractivity contribution in [3.8, 4) is 0 Å². The zero-order valence-corrected chi connectivity index (χ0v) is 8.80. The maximum absolute atomic E-state index is 5.57. The highest BCUT2D eigenvalue weighted by Gasteiger charge is 2.06. The van der Waals surface area contributed by atoms with Gasteiger partial charge in [-0.05, 0) is 18.9 Å². The van der Waals surface area contributed by atoms with Crippen LogP contribution in [0.15, 0.2) is 18.6 Å². The Morgan fingerprint density at radius 2 is 2.33 bits per heavy atom. The summed E-state index contributed by atoms with van der Waals surface area (Å²) in [4.78, 5) is 4.05. The van der Waals surface area contributed by atoms with Crippen molar-refractivity contribution >= 4 is 5.65 Å². The molecule has 0 saturated heterocycles. The van der Waals surface area contributed by atoms with Crippen molar-refractivity contribution in [2.24, 2.45) is 11.7 Å². The first-order chi connectivity index (χ1) is 7.31. The first-order valence-corrected chi connectivity index (χ1v) is 5.15. The van der Waals surface area contributed by atoms with Crippen LogP contribution in [0.1, 0.15) is 19.2 Å². The van der Waals surface area contributed by atoms with Crippen LogP contribution in [0.5, 0.6) is 0 Å². The van der Waals surface area contributed by atoms with E-state index in [0.717, 1.165) is 30.9 Å². The molecule has 0 radical (unpaired) electrons. The highest BCUT2D eigenvalue weighted by atomic mass is 15.3. The van der Waals surface area contributed by atoms with Gasteiger partial charge in [0.2, 0.25) is 0 Å². The third-order valence-electron chi connectivity index (χ3n) is 2.55. The minimum Gasteiger partial charge on any atom is -0.330 e. The predicted octanol–water partition coefficient (Wildman–Crippen LogP) is 0.652. The molecule has 5 heteroatoms. The molecule has 1 atom stereocenters. The van der Waals surface area contributed by atoms with E-state index in [1.165, 1.54) is 0 Å². The molecule has 15 heavy (non-hydrogen) atoms. The first kappa shape index (κ1) is 10.0. The largest absolute Gasteiger partial charge is 0.330 e. The van der Waals surface area contributed by atoms with Gasteiger partial charge < -0.3 is 5.73 Å². The van der Waals surface area contributed by atoms with Crippen molar-refractivity contribution in [3.05, 3.63) is 24.4 Å². The molecule has 0 amide bonds. The van der Waals surface area contributed by atoms with Crippen LogP contribution in [0.4, 0.5) is 0 Å². The van der Waals surface area contributed by atoms with Gasteiger partial charge in [0, 0.05) is 18.7 Å². The van der Waals surface area contributed by atoms with E-state index < -0.39 is 0 Å². The zero-order valence-electron chi connectivity index (χ0n) is 8.80. The lowest BCUT2D eigenvalue weighted by Crippen LogP contribution is -2.12. The quantitative estimate of drug-likeness (QED) is 0.795. The van der Waals surface area contributed by atoms with Gasteiger partial charge >= 0.3 is 0 Å². The van der Waals surface area contributed by atoms with E-state index in [2.05, 4.69) is 22.1 Å². The van der Waals surface area contributed by atoms with Gasteiger partial charge in [-0.2, -0.15) is 0 Å². The third kappa shape index (κ3) is 2.12. The number of hydrogen-bond acceptors (Lipinski definition) is 4. The normalized spacial score (nSPS) is 13.2. The van der Waals surface area contributed by atoms with E-state index in [0.29, 0.717) is 5.92 Å². The van der Waals surface area contributed by atoms with Crippen LogP contribution in [0.25, 0.3) is 5.65 Å². The number of fused-ring (bicyclic) bond motifs is 1. The van der Waals surface area contributed by atoms with Gasteiger partial charge in [-0.3, -0.25) is 4.40 Å². The summed E-state index contributed by atoms with van der Waals surface area (Å²) in [5.41, 5.74) is 6.42. The van der Waals surface area contributed by atoms with Crippen LogP contribution in [-0.4, -0.2) is 26.1 Å². The Hall–Kier alpha value is -1.49. The third-order valence-corrected chi connectivity index (χ3v) is 2.55. The SMILES string of the molecule is CC(CN)CCc1nnc2ccncn12. The van der Waals surface area contributed by atoms with Gasteiger partial charge in [-0.1, -0.05) is 6.92 Å². The maximum Gasteiger partial charge on any atom is 0.163 e. The molecule has 0 aliphatic heterocycles. The Labute approximate surface area is 88.3 Å². The van der Waals surface area contributed by atoms with Gasteiger partial charge in [0.1, 0.15) is 12.2 Å². The Balaban J connectivity index is 2.14. The van der Waals surface area contributed by atoms with E-state index in [4.69, 9.17) is 5.73 Å². The molecule has 0 fully saturated rings. The lowest BCUT2D eigenvalue weighted by molar-refractivity contribution is 0.534. The second-order valence-corrected chi connectivity index (χ2v) is 3.80. The summed E-state index contributed by atoms with van der Waals surface area (Å²) in [6, 6.07) is 1.85. The second kappa shape index (κ2) is 4.35. The number of aromatic nitrogens is 4. The van der Waals surface area contributed by atoms with Crippen LogP contribution in [0, 0.1) is 5.92 Å². The number of aryl methyl sites for hydroxylation is 1. The number of nitrogens with zero attached hydrogens (tertiary/aromatic N) is 4. The molecule has 1 unspecified atom stereocenters. The average Bonchev–Trinajstić information content (AvgIpc) is 2.69. The van der Waals surface area contributed by atoms with Crippen LogP contribution in [0.2, 0.25) is 0 Å². The molecule has 0 bridgehead atoms. The molecule has 0 saturated carbocycles. The predicted molar refractivity (Wildman–Crippen MR) is 57.3 cm³/mol. The molecule has 5 nitrogen and oxygen atoms in total. The van der Waals surface area contributed by atoms with Crippen molar-refractivity contribution in [2.45, 2.75) is 19.8 Å². The topological polar surface area (TPSA) is 69.1 Å². The highest BCUT2D eigenvalue weighted by Crippen LogP contribution is 2.08. The average molecular weight is 205 g/mol. The van der Waals surface area contributed by atoms with Gasteiger partial charge in [-0.25, -0.2) is 4.98 Å². The van der Waals surface area contributed by atoms with Crippen molar-refractivity contribution < 1.29 is 0 Å². The van der Waals surface area contributed by atoms with Crippen molar-refractivity contribution in [2.75, 3.05) is 6.54 Å². The first-order valence-electron chi connectivity index (χ1n) is 5.15. The van der Waals surface area contributed by atoms with Crippen molar-refractivity contribution in [1.82, 2.24) is 19.6 Å². The van der Waals surface area contributed by atoms with Gasteiger partial charge in [0.15, 0.2) is 5.65 Å². The summed E-state index contributed by atoms with van der Waals surface area (Å²) < 4.78 is 1.92. The van der Waals surface area contributed by atoms with Crippen LogP contribution in [0.3, 0.4) is 0 Å². The summed E-state index contributed by atoms with van der Waals surface area (Å²) in [5.74, 6) is 1.48. The lowest BCUT2D eigenvalue weighted by atomic mass is 10.1. The molecule has 0 spiro atoms. The highest BCUT2D eigenvalue weighted by molar-refractivity contribution is 5.35. The lowest BCUT2D eigenvalue weighted by Gasteiger charge is -2.05. The van der Waals surface area contributed by atoms with Gasteiger partial charge in [0.05, 0.1) is 0 Å². The molecule has 80 valence electrons. The standard InChI is InChI=1S/C10H15N5/c1-8(6-11)2-3-9-13-14-10-4-5-12-7-15(9)10/h4-5,7-8H,2-3,6,11H2,1H3. The van der Waals surface area contributed by atoms with Crippen molar-refractivity contribution in [3.63, 3.8) is 0 Å². The number of rotatable bonds is 4. The molecule has 2 heterocycles. The Morgan fingerprint density at radius 3 is 3.13 bits per heavy atom. The monoisotopic (exact) mass is 205 g/mol. The van der Waals surface area contributed by atoms with Crippen LogP contribution < -0.4 is 5.73 Å². The molecule has 2 aromatic heterocycles. The molecule has 2 rings (SSSR count). The Kier molecular flexibility index (Phi) is 2.91.